The van der Waals surface area contributed by atoms with Crippen LogP contribution in [0.25, 0.3) is 6.08 Å². The Balaban J connectivity index is 1.65. The molecule has 37 heavy (non-hydrogen) atoms. The number of nitrogens with zero attached hydrogens (tertiary/aromatic N) is 1. The van der Waals surface area contributed by atoms with Gasteiger partial charge in [-0.2, -0.15) is 0 Å². The molecule has 3 atom stereocenters. The molecule has 2 aromatic carbocycles. The lowest BCUT2D eigenvalue weighted by molar-refractivity contribution is -0.186. The molecule has 4 rings (SSSR count). The van der Waals surface area contributed by atoms with Crippen LogP contribution in [0.4, 0.5) is 0 Å². The Labute approximate surface area is 218 Å². The SMILES string of the molecule is C=CCN1CCC2(c3cccc(OC)c3)CC(NC(=O)C=Cc3cccc(O)c3)CCC2(OC(C)=O)C1. The molecule has 7 heteroatoms. The number of ether oxygens (including phenoxy) is 2. The number of piperidine rings is 1. The zero-order valence-electron chi connectivity index (χ0n) is 21.6. The van der Waals surface area contributed by atoms with Crippen LogP contribution in [0.2, 0.25) is 0 Å². The molecule has 7 nitrogen and oxygen atoms in total. The van der Waals surface area contributed by atoms with Gasteiger partial charge in [0.1, 0.15) is 17.1 Å². The van der Waals surface area contributed by atoms with E-state index in [1.54, 1.807) is 31.4 Å². The molecule has 1 heterocycles. The summed E-state index contributed by atoms with van der Waals surface area (Å²) in [4.78, 5) is 27.6. The van der Waals surface area contributed by atoms with Gasteiger partial charge in [0.2, 0.25) is 5.91 Å². The molecule has 1 saturated carbocycles. The molecule has 0 radical (unpaired) electrons. The van der Waals surface area contributed by atoms with Crippen molar-refractivity contribution in [3.05, 3.63) is 78.4 Å². The fraction of sp³-hybridized carbons (Fsp3) is 0.400. The van der Waals surface area contributed by atoms with E-state index in [2.05, 4.69) is 22.9 Å². The molecule has 196 valence electrons. The number of methoxy groups -OCH3 is 1. The number of fused-ring (bicyclic) bond motifs is 1. The highest BCUT2D eigenvalue weighted by Gasteiger charge is 2.60. The highest BCUT2D eigenvalue weighted by atomic mass is 16.6. The Morgan fingerprint density at radius 3 is 2.76 bits per heavy atom. The molecule has 1 amide bonds. The molecule has 3 unspecified atom stereocenters. The lowest BCUT2D eigenvalue weighted by Gasteiger charge is -2.59. The van der Waals surface area contributed by atoms with Crippen molar-refractivity contribution < 1.29 is 24.2 Å². The first-order chi connectivity index (χ1) is 17.8. The number of esters is 1. The van der Waals surface area contributed by atoms with Gasteiger partial charge in [-0.1, -0.05) is 30.3 Å². The average Bonchev–Trinajstić information content (AvgIpc) is 2.87. The van der Waals surface area contributed by atoms with Crippen LogP contribution in [0.5, 0.6) is 11.5 Å². The van der Waals surface area contributed by atoms with Gasteiger partial charge in [-0.15, -0.1) is 6.58 Å². The Hall–Kier alpha value is -3.58. The summed E-state index contributed by atoms with van der Waals surface area (Å²) in [6.07, 6.45) is 7.78. The van der Waals surface area contributed by atoms with Gasteiger partial charge in [0.25, 0.3) is 0 Å². The van der Waals surface area contributed by atoms with E-state index in [0.717, 1.165) is 36.4 Å². The van der Waals surface area contributed by atoms with Crippen LogP contribution in [0, 0.1) is 0 Å². The maximum atomic E-state index is 12.9. The molecule has 2 aliphatic rings. The van der Waals surface area contributed by atoms with Crippen LogP contribution in [-0.2, 0) is 19.7 Å². The van der Waals surface area contributed by atoms with Crippen molar-refractivity contribution in [3.8, 4) is 11.5 Å². The number of likely N-dealkylation sites (tertiary alicyclic amines) is 1. The minimum Gasteiger partial charge on any atom is -0.508 e. The molecule has 1 saturated heterocycles. The predicted molar refractivity (Wildman–Crippen MR) is 143 cm³/mol. The number of nitrogens with one attached hydrogen (secondary N) is 1. The minimum absolute atomic E-state index is 0.0952. The van der Waals surface area contributed by atoms with Crippen LogP contribution >= 0.6 is 0 Å². The molecule has 1 aliphatic heterocycles. The van der Waals surface area contributed by atoms with Crippen LogP contribution in [0.3, 0.4) is 0 Å². The molecule has 2 aromatic rings. The number of amides is 1. The lowest BCUT2D eigenvalue weighted by Crippen LogP contribution is -2.68. The number of phenols is 1. The molecule has 0 bridgehead atoms. The average molecular weight is 505 g/mol. The number of benzene rings is 2. The number of carbonyl (C=O) groups is 2. The van der Waals surface area contributed by atoms with Crippen LogP contribution < -0.4 is 10.1 Å². The van der Waals surface area contributed by atoms with Crippen molar-refractivity contribution >= 4 is 18.0 Å². The standard InChI is InChI=1S/C30H36N2O5/c1-4-16-32-17-15-29(24-8-6-10-27(19-24)36-3)20-25(13-14-30(29,21-32)37-22(2)33)31-28(35)12-11-23-7-5-9-26(34)18-23/h4-12,18-19,25,34H,1,13-17,20-21H2,2-3H3,(H,31,35). The second-order valence-corrected chi connectivity index (χ2v) is 10.1. The second kappa shape index (κ2) is 11.2. The first-order valence-corrected chi connectivity index (χ1v) is 12.7. The summed E-state index contributed by atoms with van der Waals surface area (Å²) < 4.78 is 11.8. The van der Waals surface area contributed by atoms with Crippen molar-refractivity contribution in [2.45, 2.75) is 49.7 Å². The summed E-state index contributed by atoms with van der Waals surface area (Å²) in [5.74, 6) is 0.402. The summed E-state index contributed by atoms with van der Waals surface area (Å²) in [6, 6.07) is 14.7. The van der Waals surface area contributed by atoms with Gasteiger partial charge in [-0.05, 0) is 73.7 Å². The summed E-state index contributed by atoms with van der Waals surface area (Å²) in [6.45, 7) is 7.51. The summed E-state index contributed by atoms with van der Waals surface area (Å²) in [7, 11) is 1.64. The molecule has 1 aliphatic carbocycles. The van der Waals surface area contributed by atoms with E-state index >= 15 is 0 Å². The van der Waals surface area contributed by atoms with Crippen molar-refractivity contribution in [3.63, 3.8) is 0 Å². The van der Waals surface area contributed by atoms with Gasteiger partial charge in [0.05, 0.1) is 7.11 Å². The van der Waals surface area contributed by atoms with E-state index in [1.165, 1.54) is 13.0 Å². The van der Waals surface area contributed by atoms with E-state index in [9.17, 15) is 14.7 Å². The van der Waals surface area contributed by atoms with Gasteiger partial charge < -0.3 is 19.9 Å². The van der Waals surface area contributed by atoms with E-state index in [-0.39, 0.29) is 23.7 Å². The number of rotatable bonds is 8. The molecule has 2 N–H and O–H groups in total. The normalized spacial score (nSPS) is 25.7. The first kappa shape index (κ1) is 26.5. The Morgan fingerprint density at radius 1 is 1.22 bits per heavy atom. The monoisotopic (exact) mass is 504 g/mol. The number of carbonyl (C=O) groups excluding carboxylic acids is 2. The Bertz CT molecular complexity index is 1180. The summed E-state index contributed by atoms with van der Waals surface area (Å²) in [5.41, 5.74) is 0.580. The molecular formula is C30H36N2O5. The molecule has 2 fully saturated rings. The van der Waals surface area contributed by atoms with Crippen LogP contribution in [0.15, 0.2) is 67.3 Å². The van der Waals surface area contributed by atoms with Crippen LogP contribution in [0.1, 0.15) is 43.7 Å². The minimum atomic E-state index is -0.731. The van der Waals surface area contributed by atoms with E-state index in [1.807, 2.05) is 30.3 Å². The third-order valence-electron chi connectivity index (χ3n) is 7.69. The fourth-order valence-electron chi connectivity index (χ4n) is 6.12. The maximum absolute atomic E-state index is 12.9. The quantitative estimate of drug-likeness (QED) is 0.318. The summed E-state index contributed by atoms with van der Waals surface area (Å²) >= 11 is 0. The zero-order valence-corrected chi connectivity index (χ0v) is 21.6. The van der Waals surface area contributed by atoms with E-state index < -0.39 is 11.0 Å². The van der Waals surface area contributed by atoms with Crippen molar-refractivity contribution in [2.75, 3.05) is 26.7 Å². The lowest BCUT2D eigenvalue weighted by atomic mass is 9.55. The van der Waals surface area contributed by atoms with Crippen molar-refractivity contribution in [1.29, 1.82) is 0 Å². The van der Waals surface area contributed by atoms with Gasteiger partial charge in [0, 0.05) is 37.5 Å². The summed E-state index contributed by atoms with van der Waals surface area (Å²) in [5, 5.41) is 12.9. The van der Waals surface area contributed by atoms with Crippen LogP contribution in [-0.4, -0.2) is 60.3 Å². The third-order valence-corrected chi connectivity index (χ3v) is 7.69. The smallest absolute Gasteiger partial charge is 0.303 e. The highest BCUT2D eigenvalue weighted by Crippen LogP contribution is 2.54. The topological polar surface area (TPSA) is 88.1 Å². The van der Waals surface area contributed by atoms with Gasteiger partial charge in [0.15, 0.2) is 0 Å². The first-order valence-electron chi connectivity index (χ1n) is 12.7. The predicted octanol–water partition coefficient (Wildman–Crippen LogP) is 4.21. The zero-order chi connectivity index (χ0) is 26.5. The van der Waals surface area contributed by atoms with Crippen molar-refractivity contribution in [2.24, 2.45) is 0 Å². The maximum Gasteiger partial charge on any atom is 0.303 e. The molecule has 0 aromatic heterocycles. The van der Waals surface area contributed by atoms with E-state index in [0.29, 0.717) is 25.8 Å². The number of hydrogen-bond acceptors (Lipinski definition) is 6. The van der Waals surface area contributed by atoms with Gasteiger partial charge in [-0.3, -0.25) is 14.5 Å². The fourth-order valence-corrected chi connectivity index (χ4v) is 6.12. The number of hydrogen-bond donors (Lipinski definition) is 2. The largest absolute Gasteiger partial charge is 0.508 e. The van der Waals surface area contributed by atoms with Gasteiger partial charge in [-0.25, -0.2) is 0 Å². The number of aromatic hydroxyl groups is 1. The molecule has 0 spiro atoms. The third kappa shape index (κ3) is 5.72. The second-order valence-electron chi connectivity index (χ2n) is 10.1. The van der Waals surface area contributed by atoms with Gasteiger partial charge >= 0.3 is 5.97 Å². The highest BCUT2D eigenvalue weighted by molar-refractivity contribution is 5.92. The molecular weight excluding hydrogens is 468 g/mol. The van der Waals surface area contributed by atoms with E-state index in [4.69, 9.17) is 9.47 Å². The number of phenolic OH excluding ortho intramolecular Hbond substituents is 1. The Kier molecular flexibility index (Phi) is 8.03. The Morgan fingerprint density at radius 2 is 2.03 bits per heavy atom. The van der Waals surface area contributed by atoms with Crippen molar-refractivity contribution in [1.82, 2.24) is 10.2 Å².